The zero-order chi connectivity index (χ0) is 8.85. The highest BCUT2D eigenvalue weighted by Gasteiger charge is 2.02. The van der Waals surface area contributed by atoms with Crippen molar-refractivity contribution in [2.45, 2.75) is 40.0 Å². The van der Waals surface area contributed by atoms with Gasteiger partial charge in [-0.2, -0.15) is 0 Å². The summed E-state index contributed by atoms with van der Waals surface area (Å²) in [6.07, 6.45) is 3.68. The second-order valence-electron chi connectivity index (χ2n) is 3.48. The van der Waals surface area contributed by atoms with E-state index in [9.17, 15) is 0 Å². The van der Waals surface area contributed by atoms with Crippen molar-refractivity contribution >= 4 is 0 Å². The Balaban J connectivity index is 3.66. The lowest BCUT2D eigenvalue weighted by Gasteiger charge is -2.11. The number of rotatable bonds is 5. The van der Waals surface area contributed by atoms with Crippen LogP contribution in [0.1, 0.15) is 40.0 Å². The third-order valence-electron chi connectivity index (χ3n) is 1.98. The fourth-order valence-electron chi connectivity index (χ4n) is 1.19. The van der Waals surface area contributed by atoms with Crippen LogP contribution in [-0.4, -0.2) is 0 Å². The summed E-state index contributed by atoms with van der Waals surface area (Å²) in [6, 6.07) is 0. The van der Waals surface area contributed by atoms with E-state index >= 15 is 0 Å². The molecule has 0 saturated carbocycles. The molecule has 0 N–H and O–H groups in total. The van der Waals surface area contributed by atoms with Crippen LogP contribution in [0.4, 0.5) is 0 Å². The second-order valence-corrected chi connectivity index (χ2v) is 3.48. The molecule has 64 valence electrons. The van der Waals surface area contributed by atoms with Crippen molar-refractivity contribution in [2.75, 3.05) is 0 Å². The van der Waals surface area contributed by atoms with Crippen molar-refractivity contribution in [3.05, 3.63) is 24.3 Å². The van der Waals surface area contributed by atoms with E-state index in [0.29, 0.717) is 0 Å². The molecule has 0 aliphatic carbocycles. The molecule has 0 amide bonds. The van der Waals surface area contributed by atoms with Gasteiger partial charge in [0.15, 0.2) is 0 Å². The van der Waals surface area contributed by atoms with E-state index in [-0.39, 0.29) is 0 Å². The lowest BCUT2D eigenvalue weighted by molar-refractivity contribution is 0.523. The van der Waals surface area contributed by atoms with E-state index < -0.39 is 0 Å². The normalized spacial score (nSPS) is 12.6. The summed E-state index contributed by atoms with van der Waals surface area (Å²) in [5, 5.41) is 0. The molecule has 0 nitrogen and oxygen atoms in total. The average molecular weight is 152 g/mol. The Morgan fingerprint density at radius 1 is 1.36 bits per heavy atom. The summed E-state index contributed by atoms with van der Waals surface area (Å²) in [5.41, 5.74) is 2.35. The van der Waals surface area contributed by atoms with Crippen LogP contribution in [0.2, 0.25) is 0 Å². The van der Waals surface area contributed by atoms with Crippen LogP contribution in [0.5, 0.6) is 0 Å². The number of allylic oxidation sites excluding steroid dienone is 2. The van der Waals surface area contributed by atoms with E-state index in [1.54, 1.807) is 0 Å². The van der Waals surface area contributed by atoms with Crippen molar-refractivity contribution in [3.63, 3.8) is 0 Å². The molecule has 0 fully saturated rings. The lowest BCUT2D eigenvalue weighted by Crippen LogP contribution is -1.96. The summed E-state index contributed by atoms with van der Waals surface area (Å²) < 4.78 is 0. The molecule has 11 heavy (non-hydrogen) atoms. The Hall–Kier alpha value is -0.520. The molecule has 0 saturated heterocycles. The first-order valence-electron chi connectivity index (χ1n) is 4.41. The van der Waals surface area contributed by atoms with Crippen LogP contribution in [0, 0.1) is 5.92 Å². The minimum absolute atomic E-state index is 0.768. The Kier molecular flexibility index (Phi) is 4.93. The maximum absolute atomic E-state index is 3.98. The number of hydrogen-bond acceptors (Lipinski definition) is 0. The highest BCUT2D eigenvalue weighted by molar-refractivity contribution is 5.22. The highest BCUT2D eigenvalue weighted by atomic mass is 14.1. The molecule has 0 rings (SSSR count). The molecular weight excluding hydrogens is 132 g/mol. The Bertz CT molecular complexity index is 142. The van der Waals surface area contributed by atoms with Crippen molar-refractivity contribution in [2.24, 2.45) is 5.92 Å². The monoisotopic (exact) mass is 152 g/mol. The van der Waals surface area contributed by atoms with Crippen LogP contribution in [0.25, 0.3) is 0 Å². The van der Waals surface area contributed by atoms with Crippen LogP contribution in [-0.2, 0) is 0 Å². The maximum atomic E-state index is 3.98. The average Bonchev–Trinajstić information content (AvgIpc) is 1.87. The molecule has 0 aliphatic heterocycles. The summed E-state index contributed by atoms with van der Waals surface area (Å²) in [6.45, 7) is 14.4. The maximum Gasteiger partial charge on any atom is -0.0256 e. The van der Waals surface area contributed by atoms with Gasteiger partial charge in [0, 0.05) is 0 Å². The van der Waals surface area contributed by atoms with E-state index in [2.05, 4.69) is 27.0 Å². The smallest absolute Gasteiger partial charge is 0.0256 e. The van der Waals surface area contributed by atoms with Gasteiger partial charge < -0.3 is 0 Å². The highest BCUT2D eigenvalue weighted by Crippen LogP contribution is 2.19. The summed E-state index contributed by atoms with van der Waals surface area (Å²) in [5.74, 6) is 0.768. The van der Waals surface area contributed by atoms with Crippen LogP contribution >= 0.6 is 0 Å². The Morgan fingerprint density at radius 2 is 1.91 bits per heavy atom. The summed E-state index contributed by atoms with van der Waals surface area (Å²) in [7, 11) is 0. The van der Waals surface area contributed by atoms with Gasteiger partial charge in [0.05, 0.1) is 0 Å². The Morgan fingerprint density at radius 3 is 2.27 bits per heavy atom. The zero-order valence-corrected chi connectivity index (χ0v) is 8.11. The third kappa shape index (κ3) is 4.83. The van der Waals surface area contributed by atoms with Gasteiger partial charge in [-0.3, -0.25) is 0 Å². The zero-order valence-electron chi connectivity index (χ0n) is 8.11. The predicted molar refractivity (Wildman–Crippen MR) is 52.6 cm³/mol. The first-order valence-corrected chi connectivity index (χ1v) is 4.41. The molecule has 0 heterocycles. The van der Waals surface area contributed by atoms with Crippen molar-refractivity contribution in [1.82, 2.24) is 0 Å². The fourth-order valence-corrected chi connectivity index (χ4v) is 1.19. The molecular formula is C11H20. The van der Waals surface area contributed by atoms with Crippen LogP contribution < -0.4 is 0 Å². The van der Waals surface area contributed by atoms with Crippen molar-refractivity contribution in [1.29, 1.82) is 0 Å². The van der Waals surface area contributed by atoms with Gasteiger partial charge in [-0.1, -0.05) is 51.0 Å². The molecule has 0 aromatic rings. The van der Waals surface area contributed by atoms with E-state index in [4.69, 9.17) is 0 Å². The van der Waals surface area contributed by atoms with E-state index in [1.165, 1.54) is 18.4 Å². The van der Waals surface area contributed by atoms with Crippen molar-refractivity contribution < 1.29 is 0 Å². The van der Waals surface area contributed by atoms with E-state index in [1.807, 2.05) is 6.92 Å². The van der Waals surface area contributed by atoms with Gasteiger partial charge >= 0.3 is 0 Å². The molecule has 1 atom stereocenters. The number of hydrogen-bond donors (Lipinski definition) is 0. The minimum Gasteiger partial charge on any atom is -0.0959 e. The quantitative estimate of drug-likeness (QED) is 0.523. The van der Waals surface area contributed by atoms with Crippen LogP contribution in [0.3, 0.4) is 0 Å². The van der Waals surface area contributed by atoms with E-state index in [0.717, 1.165) is 17.9 Å². The van der Waals surface area contributed by atoms with Gasteiger partial charge in [-0.25, -0.2) is 0 Å². The molecule has 0 radical (unpaired) electrons. The van der Waals surface area contributed by atoms with Gasteiger partial charge in [0.1, 0.15) is 0 Å². The molecule has 0 heteroatoms. The third-order valence-corrected chi connectivity index (χ3v) is 1.98. The molecule has 1 unspecified atom stereocenters. The first-order chi connectivity index (χ1) is 5.07. The molecule has 0 bridgehead atoms. The van der Waals surface area contributed by atoms with Gasteiger partial charge in [-0.15, -0.1) is 0 Å². The molecule has 0 spiro atoms. The van der Waals surface area contributed by atoms with Crippen LogP contribution in [0.15, 0.2) is 24.3 Å². The SMILES string of the molecule is C=C(C)C(=C)CC(C)CCC. The largest absolute Gasteiger partial charge is 0.0959 e. The molecule has 0 aromatic heterocycles. The summed E-state index contributed by atoms with van der Waals surface area (Å²) in [4.78, 5) is 0. The molecule has 0 aromatic carbocycles. The summed E-state index contributed by atoms with van der Waals surface area (Å²) >= 11 is 0. The topological polar surface area (TPSA) is 0 Å². The Labute approximate surface area is 71.0 Å². The van der Waals surface area contributed by atoms with Crippen molar-refractivity contribution in [3.8, 4) is 0 Å². The minimum atomic E-state index is 0.768. The standard InChI is InChI=1S/C11H20/c1-6-7-10(4)8-11(5)9(2)3/h10H,2,5-8H2,1,3-4H3. The second kappa shape index (κ2) is 5.17. The van der Waals surface area contributed by atoms with Gasteiger partial charge in [-0.05, 0) is 19.3 Å². The van der Waals surface area contributed by atoms with Gasteiger partial charge in [0.25, 0.3) is 0 Å². The first kappa shape index (κ1) is 10.5. The fraction of sp³-hybridized carbons (Fsp3) is 0.636. The molecule has 0 aliphatic rings. The predicted octanol–water partition coefficient (Wildman–Crippen LogP) is 3.95. The lowest BCUT2D eigenvalue weighted by atomic mass is 9.95. The van der Waals surface area contributed by atoms with Gasteiger partial charge in [0.2, 0.25) is 0 Å².